The van der Waals surface area contributed by atoms with Crippen LogP contribution in [0.4, 0.5) is 5.69 Å². The lowest BCUT2D eigenvalue weighted by molar-refractivity contribution is -0.844. The van der Waals surface area contributed by atoms with Crippen molar-refractivity contribution >= 4 is 5.69 Å². The molecule has 66 valence electrons. The zero-order valence-corrected chi connectivity index (χ0v) is 6.91. The molecular formula is C8H12N2O2. The summed E-state index contributed by atoms with van der Waals surface area (Å²) in [6, 6.07) is 6.93. The zero-order chi connectivity index (χ0) is 8.97. The summed E-state index contributed by atoms with van der Waals surface area (Å²) in [6.07, 6.45) is 0. The first-order valence-electron chi connectivity index (χ1n) is 3.66. The number of nitrogens with two attached hydrogens (primary N) is 1. The van der Waals surface area contributed by atoms with Gasteiger partial charge in [0.25, 0.3) is 0 Å². The van der Waals surface area contributed by atoms with E-state index in [-0.39, 0.29) is 11.8 Å². The van der Waals surface area contributed by atoms with Crippen molar-refractivity contribution < 1.29 is 9.80 Å². The fraction of sp³-hybridized carbons (Fsp3) is 0.250. The monoisotopic (exact) mass is 168 g/mol. The minimum absolute atomic E-state index is 0.00632. The molecule has 0 heterocycles. The Hall–Kier alpha value is -1.26. The molecule has 0 bridgehead atoms. The standard InChI is InChI=1S/C8H12N2O2/c1-10(11)6-12-8-4-2-7(9)3-5-8/h2-5,10H,6,9H2,1H3. The summed E-state index contributed by atoms with van der Waals surface area (Å²) in [5, 5.41) is 10.5. The van der Waals surface area contributed by atoms with E-state index in [0.717, 1.165) is 0 Å². The number of hydrogen-bond acceptors (Lipinski definition) is 3. The first-order chi connectivity index (χ1) is 5.68. The number of hydroxylamine groups is 2. The number of hydrogen-bond donors (Lipinski definition) is 2. The highest BCUT2D eigenvalue weighted by Gasteiger charge is 1.93. The van der Waals surface area contributed by atoms with Crippen LogP contribution in [0.15, 0.2) is 24.3 Å². The molecule has 0 saturated heterocycles. The number of nitrogens with one attached hydrogen (secondary N) is 1. The highest BCUT2D eigenvalue weighted by atomic mass is 16.6. The number of benzene rings is 1. The molecule has 0 fully saturated rings. The van der Waals surface area contributed by atoms with E-state index in [4.69, 9.17) is 10.5 Å². The summed E-state index contributed by atoms with van der Waals surface area (Å²) in [5.74, 6) is 0.666. The third-order valence-electron chi connectivity index (χ3n) is 1.32. The van der Waals surface area contributed by atoms with E-state index >= 15 is 0 Å². The average molecular weight is 168 g/mol. The van der Waals surface area contributed by atoms with Crippen LogP contribution >= 0.6 is 0 Å². The Kier molecular flexibility index (Phi) is 2.90. The average Bonchev–Trinajstić information content (AvgIpc) is 2.03. The Balaban J connectivity index is 2.48. The first-order valence-corrected chi connectivity index (χ1v) is 3.66. The third kappa shape index (κ3) is 2.77. The molecule has 0 saturated carbocycles. The van der Waals surface area contributed by atoms with Crippen LogP contribution < -0.4 is 15.5 Å². The predicted molar refractivity (Wildman–Crippen MR) is 46.6 cm³/mol. The summed E-state index contributed by atoms with van der Waals surface area (Å²) >= 11 is 0. The van der Waals surface area contributed by atoms with Crippen molar-refractivity contribution in [2.45, 2.75) is 0 Å². The molecule has 0 amide bonds. The number of rotatable bonds is 3. The second kappa shape index (κ2) is 3.94. The van der Waals surface area contributed by atoms with Gasteiger partial charge in [0.1, 0.15) is 5.75 Å². The van der Waals surface area contributed by atoms with E-state index in [2.05, 4.69) is 0 Å². The number of ether oxygens (including phenoxy) is 1. The fourth-order valence-electron chi connectivity index (χ4n) is 0.749. The van der Waals surface area contributed by atoms with Crippen LogP contribution in [0, 0.1) is 5.21 Å². The molecule has 0 aliphatic rings. The largest absolute Gasteiger partial charge is 0.632 e. The van der Waals surface area contributed by atoms with Gasteiger partial charge in [-0.3, -0.25) is 0 Å². The Morgan fingerprint density at radius 1 is 1.42 bits per heavy atom. The van der Waals surface area contributed by atoms with Gasteiger partial charge in [-0.05, 0) is 24.3 Å². The van der Waals surface area contributed by atoms with Crippen LogP contribution in [0.3, 0.4) is 0 Å². The molecule has 4 heteroatoms. The lowest BCUT2D eigenvalue weighted by atomic mass is 10.3. The Morgan fingerprint density at radius 3 is 2.50 bits per heavy atom. The van der Waals surface area contributed by atoms with Crippen molar-refractivity contribution in [3.63, 3.8) is 0 Å². The smallest absolute Gasteiger partial charge is 0.221 e. The molecular weight excluding hydrogens is 156 g/mol. The minimum Gasteiger partial charge on any atom is -0.632 e. The second-order valence-electron chi connectivity index (χ2n) is 2.56. The van der Waals surface area contributed by atoms with E-state index in [1.165, 1.54) is 7.05 Å². The van der Waals surface area contributed by atoms with Crippen LogP contribution in [0.25, 0.3) is 0 Å². The van der Waals surface area contributed by atoms with Gasteiger partial charge in [-0.15, -0.1) is 0 Å². The quantitative estimate of drug-likeness (QED) is 0.367. The van der Waals surface area contributed by atoms with Crippen molar-refractivity contribution in [3.05, 3.63) is 29.5 Å². The van der Waals surface area contributed by atoms with E-state index in [1.54, 1.807) is 24.3 Å². The molecule has 0 aliphatic heterocycles. The van der Waals surface area contributed by atoms with Gasteiger partial charge in [0, 0.05) is 5.69 Å². The van der Waals surface area contributed by atoms with Crippen LogP contribution in [-0.2, 0) is 0 Å². The van der Waals surface area contributed by atoms with Crippen molar-refractivity contribution in [1.82, 2.24) is 0 Å². The van der Waals surface area contributed by atoms with Crippen molar-refractivity contribution in [1.29, 1.82) is 0 Å². The summed E-state index contributed by atoms with van der Waals surface area (Å²) in [6.45, 7) is 0.115. The summed E-state index contributed by atoms with van der Waals surface area (Å²) < 4.78 is 5.12. The van der Waals surface area contributed by atoms with Crippen molar-refractivity contribution in [2.75, 3.05) is 19.5 Å². The lowest BCUT2D eigenvalue weighted by Crippen LogP contribution is -3.04. The molecule has 1 rings (SSSR count). The van der Waals surface area contributed by atoms with Gasteiger partial charge in [-0.25, -0.2) is 0 Å². The molecule has 1 aromatic carbocycles. The highest BCUT2D eigenvalue weighted by molar-refractivity contribution is 5.41. The van der Waals surface area contributed by atoms with Crippen molar-refractivity contribution in [2.24, 2.45) is 0 Å². The van der Waals surface area contributed by atoms with Gasteiger partial charge < -0.3 is 20.7 Å². The summed E-state index contributed by atoms with van der Waals surface area (Å²) in [5.41, 5.74) is 6.15. The fourth-order valence-corrected chi connectivity index (χ4v) is 0.749. The molecule has 0 radical (unpaired) electrons. The van der Waals surface area contributed by atoms with Gasteiger partial charge >= 0.3 is 0 Å². The summed E-state index contributed by atoms with van der Waals surface area (Å²) in [7, 11) is 1.48. The molecule has 0 aromatic heterocycles. The maximum absolute atomic E-state index is 10.5. The molecule has 0 spiro atoms. The third-order valence-corrected chi connectivity index (χ3v) is 1.32. The molecule has 1 atom stereocenters. The molecule has 3 N–H and O–H groups in total. The van der Waals surface area contributed by atoms with Gasteiger partial charge in [-0.2, -0.15) is 0 Å². The van der Waals surface area contributed by atoms with Gasteiger partial charge in [0.15, 0.2) is 0 Å². The maximum Gasteiger partial charge on any atom is 0.221 e. The van der Waals surface area contributed by atoms with Crippen LogP contribution in [-0.4, -0.2) is 13.8 Å². The zero-order valence-electron chi connectivity index (χ0n) is 6.91. The first kappa shape index (κ1) is 8.83. The molecule has 1 unspecified atom stereocenters. The molecule has 1 aromatic rings. The molecule has 0 aliphatic carbocycles. The van der Waals surface area contributed by atoms with E-state index in [1.807, 2.05) is 0 Å². The van der Waals surface area contributed by atoms with Crippen molar-refractivity contribution in [3.8, 4) is 5.75 Å². The van der Waals surface area contributed by atoms with Gasteiger partial charge in [0.2, 0.25) is 6.73 Å². The van der Waals surface area contributed by atoms with Crippen LogP contribution in [0.5, 0.6) is 5.75 Å². The topological polar surface area (TPSA) is 62.8 Å². The second-order valence-corrected chi connectivity index (χ2v) is 2.56. The number of anilines is 1. The van der Waals surface area contributed by atoms with E-state index < -0.39 is 0 Å². The SMILES string of the molecule is C[NH+]([O-])COc1ccc(N)cc1. The number of quaternary nitrogens is 1. The maximum atomic E-state index is 10.5. The molecule has 12 heavy (non-hydrogen) atoms. The molecule has 4 nitrogen and oxygen atoms in total. The van der Waals surface area contributed by atoms with E-state index in [0.29, 0.717) is 11.4 Å². The lowest BCUT2D eigenvalue weighted by Gasteiger charge is -2.16. The predicted octanol–water partition coefficient (Wildman–Crippen LogP) is -0.382. The van der Waals surface area contributed by atoms with Gasteiger partial charge in [-0.1, -0.05) is 0 Å². The van der Waals surface area contributed by atoms with E-state index in [9.17, 15) is 5.21 Å². The Morgan fingerprint density at radius 2 is 2.00 bits per heavy atom. The number of nitrogen functional groups attached to an aromatic ring is 1. The van der Waals surface area contributed by atoms with Gasteiger partial charge in [0.05, 0.1) is 7.05 Å². The minimum atomic E-state index is 0.00632. The highest BCUT2D eigenvalue weighted by Crippen LogP contribution is 2.11. The normalized spacial score (nSPS) is 12.5. The van der Waals surface area contributed by atoms with Crippen LogP contribution in [0.2, 0.25) is 0 Å². The summed E-state index contributed by atoms with van der Waals surface area (Å²) in [4.78, 5) is 0. The van der Waals surface area contributed by atoms with Crippen LogP contribution in [0.1, 0.15) is 0 Å². The Bertz CT molecular complexity index is 233. The Labute approximate surface area is 71.1 Å².